The van der Waals surface area contributed by atoms with E-state index in [4.69, 9.17) is 0 Å². The summed E-state index contributed by atoms with van der Waals surface area (Å²) in [6, 6.07) is 29.8. The molecular formula is C22H17OPS. The Morgan fingerprint density at radius 3 is 1.76 bits per heavy atom. The fraction of sp³-hybridized carbons (Fsp3) is 0. The van der Waals surface area contributed by atoms with Crippen molar-refractivity contribution >= 4 is 34.4 Å². The lowest BCUT2D eigenvalue weighted by Gasteiger charge is -2.22. The molecule has 1 nitrogen and oxygen atoms in total. The van der Waals surface area contributed by atoms with E-state index in [0.717, 1.165) is 27.0 Å². The molecule has 0 N–H and O–H groups in total. The van der Waals surface area contributed by atoms with E-state index < -0.39 is 7.14 Å². The third-order valence-corrected chi connectivity index (χ3v) is 8.12. The minimum absolute atomic E-state index is 0.865. The van der Waals surface area contributed by atoms with Crippen molar-refractivity contribution in [3.63, 3.8) is 0 Å². The van der Waals surface area contributed by atoms with E-state index in [1.807, 2.05) is 78.9 Å². The first-order chi connectivity index (χ1) is 12.3. The van der Waals surface area contributed by atoms with Crippen molar-refractivity contribution in [3.8, 4) is 11.1 Å². The highest BCUT2D eigenvalue weighted by molar-refractivity contribution is 7.85. The molecule has 0 aliphatic rings. The van der Waals surface area contributed by atoms with E-state index in [1.165, 1.54) is 0 Å². The van der Waals surface area contributed by atoms with Crippen LogP contribution in [0.4, 0.5) is 0 Å². The predicted octanol–water partition coefficient (Wildman–Crippen LogP) is 5.05. The van der Waals surface area contributed by atoms with E-state index in [1.54, 1.807) is 11.3 Å². The summed E-state index contributed by atoms with van der Waals surface area (Å²) in [5.74, 6) is 0. The first kappa shape index (κ1) is 16.1. The SMILES string of the molecule is O=P(c1ccccc1)(c1ccccc1)c1ccccc1-c1ccsc1. The van der Waals surface area contributed by atoms with Crippen LogP contribution in [0.2, 0.25) is 0 Å². The second-order valence-electron chi connectivity index (χ2n) is 5.81. The molecular weight excluding hydrogens is 343 g/mol. The van der Waals surface area contributed by atoms with Gasteiger partial charge in [0, 0.05) is 15.9 Å². The van der Waals surface area contributed by atoms with Gasteiger partial charge < -0.3 is 4.57 Å². The molecule has 0 unspecified atom stereocenters. The lowest BCUT2D eigenvalue weighted by atomic mass is 10.1. The highest BCUT2D eigenvalue weighted by Gasteiger charge is 2.31. The second-order valence-corrected chi connectivity index (χ2v) is 9.32. The summed E-state index contributed by atoms with van der Waals surface area (Å²) >= 11 is 1.66. The molecule has 0 fully saturated rings. The van der Waals surface area contributed by atoms with E-state index in [9.17, 15) is 4.57 Å². The second kappa shape index (κ2) is 6.84. The molecule has 0 radical (unpaired) electrons. The molecule has 0 saturated carbocycles. The van der Waals surface area contributed by atoms with E-state index >= 15 is 0 Å². The molecule has 1 aromatic heterocycles. The highest BCUT2D eigenvalue weighted by atomic mass is 32.1. The molecule has 0 saturated heterocycles. The Morgan fingerprint density at radius 1 is 0.640 bits per heavy atom. The van der Waals surface area contributed by atoms with Crippen LogP contribution in [-0.2, 0) is 4.57 Å². The Bertz CT molecular complexity index is 965. The van der Waals surface area contributed by atoms with Crippen molar-refractivity contribution in [1.82, 2.24) is 0 Å². The van der Waals surface area contributed by atoms with Gasteiger partial charge in [0.15, 0.2) is 7.14 Å². The first-order valence-corrected chi connectivity index (χ1v) is 10.8. The van der Waals surface area contributed by atoms with Crippen LogP contribution in [-0.4, -0.2) is 0 Å². The minimum Gasteiger partial charge on any atom is -0.309 e. The largest absolute Gasteiger partial charge is 0.309 e. The third-order valence-electron chi connectivity index (χ3n) is 4.32. The van der Waals surface area contributed by atoms with Gasteiger partial charge in [-0.15, -0.1) is 0 Å². The number of thiophene rings is 1. The average molecular weight is 360 g/mol. The topological polar surface area (TPSA) is 17.1 Å². The summed E-state index contributed by atoms with van der Waals surface area (Å²) in [4.78, 5) is 0. The molecule has 4 rings (SSSR count). The molecule has 0 atom stereocenters. The van der Waals surface area contributed by atoms with Crippen LogP contribution >= 0.6 is 18.5 Å². The van der Waals surface area contributed by atoms with E-state index in [-0.39, 0.29) is 0 Å². The van der Waals surface area contributed by atoms with Crippen LogP contribution in [0.3, 0.4) is 0 Å². The summed E-state index contributed by atoms with van der Waals surface area (Å²) in [5, 5.41) is 6.79. The average Bonchev–Trinajstić information content (AvgIpc) is 3.23. The minimum atomic E-state index is -2.95. The van der Waals surface area contributed by atoms with Crippen LogP contribution in [0.15, 0.2) is 102 Å². The van der Waals surface area contributed by atoms with Crippen LogP contribution < -0.4 is 15.9 Å². The monoisotopic (exact) mass is 360 g/mol. The summed E-state index contributed by atoms with van der Waals surface area (Å²) in [7, 11) is -2.95. The quantitative estimate of drug-likeness (QED) is 0.465. The maximum Gasteiger partial charge on any atom is 0.171 e. The van der Waals surface area contributed by atoms with E-state index in [0.29, 0.717) is 0 Å². The first-order valence-electron chi connectivity index (χ1n) is 8.13. The third kappa shape index (κ3) is 2.89. The number of rotatable bonds is 4. The number of hydrogen-bond acceptors (Lipinski definition) is 2. The molecule has 3 heteroatoms. The summed E-state index contributed by atoms with van der Waals surface area (Å²) in [5.41, 5.74) is 2.16. The van der Waals surface area contributed by atoms with Crippen LogP contribution in [0.1, 0.15) is 0 Å². The van der Waals surface area contributed by atoms with Gasteiger partial charge in [-0.1, -0.05) is 84.9 Å². The van der Waals surface area contributed by atoms with Crippen LogP contribution in [0.25, 0.3) is 11.1 Å². The van der Waals surface area contributed by atoms with Gasteiger partial charge in [-0.25, -0.2) is 0 Å². The van der Waals surface area contributed by atoms with Gasteiger partial charge >= 0.3 is 0 Å². The van der Waals surface area contributed by atoms with Crippen molar-refractivity contribution in [1.29, 1.82) is 0 Å². The molecule has 0 amide bonds. The Morgan fingerprint density at radius 2 is 1.20 bits per heavy atom. The molecule has 4 aromatic rings. The van der Waals surface area contributed by atoms with Crippen molar-refractivity contribution in [2.24, 2.45) is 0 Å². The van der Waals surface area contributed by atoms with Gasteiger partial charge in [-0.3, -0.25) is 0 Å². The molecule has 122 valence electrons. The molecule has 0 aliphatic heterocycles. The molecule has 1 heterocycles. The molecule has 0 spiro atoms. The normalized spacial score (nSPS) is 11.4. The van der Waals surface area contributed by atoms with Crippen molar-refractivity contribution in [2.75, 3.05) is 0 Å². The maximum atomic E-state index is 14.5. The Kier molecular flexibility index (Phi) is 4.40. The zero-order chi connectivity index (χ0) is 17.1. The molecule has 0 bridgehead atoms. The molecule has 0 aliphatic carbocycles. The fourth-order valence-corrected chi connectivity index (χ4v) is 6.65. The Hall–Kier alpha value is -2.41. The van der Waals surface area contributed by atoms with Gasteiger partial charge in [0.2, 0.25) is 0 Å². The highest BCUT2D eigenvalue weighted by Crippen LogP contribution is 2.45. The van der Waals surface area contributed by atoms with Gasteiger partial charge in [0.1, 0.15) is 0 Å². The Labute approximate surface area is 152 Å². The summed E-state index contributed by atoms with van der Waals surface area (Å²) in [6.07, 6.45) is 0. The van der Waals surface area contributed by atoms with Crippen molar-refractivity contribution in [2.45, 2.75) is 0 Å². The van der Waals surface area contributed by atoms with Crippen LogP contribution in [0, 0.1) is 0 Å². The summed E-state index contributed by atoms with van der Waals surface area (Å²) in [6.45, 7) is 0. The summed E-state index contributed by atoms with van der Waals surface area (Å²) < 4.78 is 14.5. The van der Waals surface area contributed by atoms with Gasteiger partial charge in [0.05, 0.1) is 0 Å². The molecule has 25 heavy (non-hydrogen) atoms. The van der Waals surface area contributed by atoms with Gasteiger partial charge in [0.25, 0.3) is 0 Å². The zero-order valence-corrected chi connectivity index (χ0v) is 15.3. The maximum absolute atomic E-state index is 14.5. The van der Waals surface area contributed by atoms with Crippen molar-refractivity contribution in [3.05, 3.63) is 102 Å². The van der Waals surface area contributed by atoms with Crippen LogP contribution in [0.5, 0.6) is 0 Å². The standard InChI is InChI=1S/C22H17OPS/c23-24(19-9-3-1-4-10-19,20-11-5-2-6-12-20)22-14-8-7-13-21(22)18-15-16-25-17-18/h1-17H. The van der Waals surface area contributed by atoms with Gasteiger partial charge in [-0.05, 0) is 28.0 Å². The predicted molar refractivity (Wildman–Crippen MR) is 109 cm³/mol. The molecule has 3 aromatic carbocycles. The van der Waals surface area contributed by atoms with Gasteiger partial charge in [-0.2, -0.15) is 11.3 Å². The van der Waals surface area contributed by atoms with E-state index in [2.05, 4.69) is 22.9 Å². The lowest BCUT2D eigenvalue weighted by Crippen LogP contribution is -2.26. The number of benzene rings is 3. The zero-order valence-electron chi connectivity index (χ0n) is 13.6. The number of hydrogen-bond donors (Lipinski definition) is 0. The fourth-order valence-electron chi connectivity index (χ4n) is 3.11. The van der Waals surface area contributed by atoms with Crippen molar-refractivity contribution < 1.29 is 4.57 Å². The smallest absolute Gasteiger partial charge is 0.171 e. The lowest BCUT2D eigenvalue weighted by molar-refractivity contribution is 0.592. The Balaban J connectivity index is 2.03.